The van der Waals surface area contributed by atoms with E-state index in [9.17, 15) is 9.59 Å². The van der Waals surface area contributed by atoms with Gasteiger partial charge in [-0.25, -0.2) is 20.0 Å². The van der Waals surface area contributed by atoms with Gasteiger partial charge in [0.2, 0.25) is 0 Å². The first-order valence-electron chi connectivity index (χ1n) is 14.3. The average molecular weight is 547 g/mol. The molecular weight excluding hydrogens is 512 g/mol. The molecule has 0 radical (unpaired) electrons. The number of Topliss-reactive ketones (excluding diaryl/α,β-unsaturated/α-hetero) is 1. The van der Waals surface area contributed by atoms with E-state index in [-0.39, 0.29) is 24.6 Å². The van der Waals surface area contributed by atoms with Crippen LogP contribution in [0.25, 0.3) is 0 Å². The molecule has 0 aromatic heterocycles. The number of carbonyl (C=O) groups is 2. The average Bonchev–Trinajstić information content (AvgIpc) is 3.70. The summed E-state index contributed by atoms with van der Waals surface area (Å²) in [5.41, 5.74) is 15.5. The third-order valence-electron chi connectivity index (χ3n) is 8.88. The number of nitrogens with zero attached hydrogens (tertiary/aromatic N) is 4. The van der Waals surface area contributed by atoms with Gasteiger partial charge in [-0.3, -0.25) is 9.59 Å². The number of carbonyl (C=O) groups excluding carboxylic acids is 2. The zero-order valence-corrected chi connectivity index (χ0v) is 24.8. The molecule has 0 spiro atoms. The molecule has 6 rings (SSSR count). The van der Waals surface area contributed by atoms with Crippen molar-refractivity contribution >= 4 is 34.6 Å². The Hall–Kier alpha value is -4.26. The molecule has 0 N–H and O–H groups in total. The predicted molar refractivity (Wildman–Crippen MR) is 163 cm³/mol. The van der Waals surface area contributed by atoms with Gasteiger partial charge in [0.15, 0.2) is 5.78 Å². The van der Waals surface area contributed by atoms with Crippen molar-refractivity contribution in [1.29, 1.82) is 0 Å². The Bertz CT molecular complexity index is 1750. The van der Waals surface area contributed by atoms with Crippen molar-refractivity contribution < 1.29 is 14.3 Å². The van der Waals surface area contributed by atoms with Crippen LogP contribution < -0.4 is 0 Å². The molecule has 5 heterocycles. The molecule has 0 amide bonds. The fourth-order valence-corrected chi connectivity index (χ4v) is 6.48. The van der Waals surface area contributed by atoms with Crippen LogP contribution in [0.5, 0.6) is 0 Å². The van der Waals surface area contributed by atoms with E-state index in [1.54, 1.807) is 0 Å². The minimum absolute atomic E-state index is 0.0491. The largest absolute Gasteiger partial charge is 0.469 e. The first-order valence-corrected chi connectivity index (χ1v) is 14.3. The molecule has 8 bridgehead atoms. The van der Waals surface area contributed by atoms with Crippen LogP contribution in [0.2, 0.25) is 0 Å². The highest BCUT2D eigenvalue weighted by Gasteiger charge is 2.40. The van der Waals surface area contributed by atoms with Crippen LogP contribution in [-0.2, 0) is 14.3 Å². The molecule has 7 nitrogen and oxygen atoms in total. The number of fused-ring (bicyclic) bond motifs is 4. The first kappa shape index (κ1) is 26.9. The summed E-state index contributed by atoms with van der Waals surface area (Å²) in [6, 6.07) is 0. The fourth-order valence-electron chi connectivity index (χ4n) is 6.48. The lowest BCUT2D eigenvalue weighted by Crippen LogP contribution is -2.04. The van der Waals surface area contributed by atoms with Gasteiger partial charge in [-0.1, -0.05) is 13.8 Å². The van der Waals surface area contributed by atoms with E-state index >= 15 is 0 Å². The van der Waals surface area contributed by atoms with Crippen molar-refractivity contribution in [1.82, 2.24) is 0 Å². The molecular formula is C34H34N4O3. The van der Waals surface area contributed by atoms with Crippen LogP contribution >= 0.6 is 0 Å². The summed E-state index contributed by atoms with van der Waals surface area (Å²) in [5.74, 6) is -0.231. The maximum atomic E-state index is 13.4. The zero-order valence-electron chi connectivity index (χ0n) is 24.8. The Balaban J connectivity index is 1.63. The lowest BCUT2D eigenvalue weighted by molar-refractivity contribution is -0.140. The topological polar surface area (TPSA) is 92.8 Å². The highest BCUT2D eigenvalue weighted by molar-refractivity contribution is 6.38. The Morgan fingerprint density at radius 1 is 0.756 bits per heavy atom. The number of esters is 1. The van der Waals surface area contributed by atoms with Crippen LogP contribution in [0, 0.1) is 0 Å². The SMILES string of the molecule is CCC1=C(C)C2=CC3=NC(=C4CC(=O)C5=C(C)C(=CC6=NC(=CC1=N2)C(C)=C6CC)N=C45)C(CCC(=O)OC)=C3C. The van der Waals surface area contributed by atoms with Gasteiger partial charge in [-0.2, -0.15) is 0 Å². The second-order valence-electron chi connectivity index (χ2n) is 11.1. The number of rotatable bonds is 5. The summed E-state index contributed by atoms with van der Waals surface area (Å²) in [6.45, 7) is 12.5. The highest BCUT2D eigenvalue weighted by atomic mass is 16.5. The zero-order chi connectivity index (χ0) is 29.2. The second-order valence-corrected chi connectivity index (χ2v) is 11.1. The number of hydrogen-bond donors (Lipinski definition) is 0. The number of hydrogen-bond acceptors (Lipinski definition) is 7. The van der Waals surface area contributed by atoms with Gasteiger partial charge in [0, 0.05) is 24.0 Å². The fraction of sp³-hybridized carbons (Fsp3) is 0.353. The van der Waals surface area contributed by atoms with Crippen molar-refractivity contribution in [3.05, 3.63) is 91.2 Å². The van der Waals surface area contributed by atoms with E-state index in [4.69, 9.17) is 24.7 Å². The Labute approximate surface area is 240 Å². The van der Waals surface area contributed by atoms with E-state index in [1.807, 2.05) is 26.0 Å². The molecule has 208 valence electrons. The van der Waals surface area contributed by atoms with Gasteiger partial charge in [0.05, 0.1) is 52.7 Å². The predicted octanol–water partition coefficient (Wildman–Crippen LogP) is 6.74. The van der Waals surface area contributed by atoms with Crippen LogP contribution in [0.15, 0.2) is 111 Å². The van der Waals surface area contributed by atoms with E-state index in [0.717, 1.165) is 86.2 Å². The van der Waals surface area contributed by atoms with E-state index < -0.39 is 0 Å². The van der Waals surface area contributed by atoms with Crippen molar-refractivity contribution in [3.8, 4) is 0 Å². The maximum absolute atomic E-state index is 13.4. The van der Waals surface area contributed by atoms with Gasteiger partial charge in [0.25, 0.3) is 0 Å². The number of aliphatic imine (C=N–C) groups is 4. The number of ketones is 1. The quantitative estimate of drug-likeness (QED) is 0.358. The van der Waals surface area contributed by atoms with Gasteiger partial charge >= 0.3 is 5.97 Å². The van der Waals surface area contributed by atoms with Gasteiger partial charge < -0.3 is 4.74 Å². The van der Waals surface area contributed by atoms with Gasteiger partial charge in [-0.15, -0.1) is 0 Å². The summed E-state index contributed by atoms with van der Waals surface area (Å²) in [7, 11) is 1.40. The van der Waals surface area contributed by atoms with Gasteiger partial charge in [-0.05, 0) is 104 Å². The van der Waals surface area contributed by atoms with Crippen molar-refractivity contribution in [3.63, 3.8) is 0 Å². The first-order chi connectivity index (χ1) is 19.7. The minimum atomic E-state index is -0.280. The molecule has 1 saturated carbocycles. The van der Waals surface area contributed by atoms with Crippen LogP contribution in [0.3, 0.4) is 0 Å². The lowest BCUT2D eigenvalue weighted by Gasteiger charge is -2.08. The monoisotopic (exact) mass is 546 g/mol. The molecule has 1 fully saturated rings. The standard InChI is InChI=1S/C34H34N4O3/c1-8-20-16(3)24-13-26-18(5)22(10-11-31(40)41-7)33(37-26)23-12-30(39)32-19(6)27(38-34(23)32)15-29-21(9-2)17(4)25(36-29)14-28(20)35-24/h13-15H,8-12H2,1-7H3. The van der Waals surface area contributed by atoms with E-state index in [1.165, 1.54) is 18.3 Å². The van der Waals surface area contributed by atoms with E-state index in [2.05, 4.69) is 33.8 Å². The molecule has 6 aliphatic rings. The molecule has 0 aromatic rings. The van der Waals surface area contributed by atoms with E-state index in [0.29, 0.717) is 17.7 Å². The molecule has 1 aliphatic carbocycles. The van der Waals surface area contributed by atoms with Crippen LogP contribution in [-0.4, -0.2) is 41.7 Å². The molecule has 7 heteroatoms. The summed E-state index contributed by atoms with van der Waals surface area (Å²) < 4.78 is 4.94. The highest BCUT2D eigenvalue weighted by Crippen LogP contribution is 2.43. The van der Waals surface area contributed by atoms with Crippen molar-refractivity contribution in [2.45, 2.75) is 73.6 Å². The number of allylic oxidation sites excluding steroid dienone is 12. The summed E-state index contributed by atoms with van der Waals surface area (Å²) in [6.07, 6.45) is 8.77. The maximum Gasteiger partial charge on any atom is 0.305 e. The number of methoxy groups -OCH3 is 1. The number of ether oxygens (including phenoxy) is 1. The third kappa shape index (κ3) is 4.17. The summed E-state index contributed by atoms with van der Waals surface area (Å²) in [5, 5.41) is 0. The minimum Gasteiger partial charge on any atom is -0.469 e. The molecule has 0 aromatic carbocycles. The normalized spacial score (nSPS) is 21.5. The molecule has 41 heavy (non-hydrogen) atoms. The summed E-state index contributed by atoms with van der Waals surface area (Å²) >= 11 is 0. The Morgan fingerprint density at radius 3 is 1.88 bits per heavy atom. The van der Waals surface area contributed by atoms with Crippen molar-refractivity contribution in [2.75, 3.05) is 7.11 Å². The smallest absolute Gasteiger partial charge is 0.305 e. The lowest BCUT2D eigenvalue weighted by atomic mass is 9.96. The Kier molecular flexibility index (Phi) is 6.56. The van der Waals surface area contributed by atoms with Gasteiger partial charge in [0.1, 0.15) is 0 Å². The van der Waals surface area contributed by atoms with Crippen molar-refractivity contribution in [2.24, 2.45) is 20.0 Å². The van der Waals surface area contributed by atoms with Crippen LogP contribution in [0.4, 0.5) is 0 Å². The molecule has 0 unspecified atom stereocenters. The summed E-state index contributed by atoms with van der Waals surface area (Å²) in [4.78, 5) is 45.8. The molecule has 0 atom stereocenters. The molecule has 0 saturated heterocycles. The van der Waals surface area contributed by atoms with Crippen LogP contribution in [0.1, 0.15) is 73.6 Å². The second kappa shape index (κ2) is 9.98. The molecule has 5 aliphatic heterocycles. The Morgan fingerprint density at radius 2 is 1.32 bits per heavy atom. The third-order valence-corrected chi connectivity index (χ3v) is 8.88.